The third-order valence-electron chi connectivity index (χ3n) is 4.59. The van der Waals surface area contributed by atoms with E-state index in [0.717, 1.165) is 36.1 Å². The SMILES string of the molecule is CCCn1c(C)cc(C(=O)COC(=O)[C@@H](C)SCC(=O)Nc2ccc(F)cc2)c1C. The summed E-state index contributed by atoms with van der Waals surface area (Å²) >= 11 is 1.10. The van der Waals surface area contributed by atoms with E-state index in [2.05, 4.69) is 16.8 Å². The average Bonchev–Trinajstić information content (AvgIpc) is 3.00. The third-order valence-corrected chi connectivity index (χ3v) is 5.71. The molecule has 0 aliphatic carbocycles. The van der Waals surface area contributed by atoms with Gasteiger partial charge in [0.2, 0.25) is 11.7 Å². The first kappa shape index (κ1) is 23.7. The highest BCUT2D eigenvalue weighted by Gasteiger charge is 2.20. The highest BCUT2D eigenvalue weighted by Crippen LogP contribution is 2.18. The van der Waals surface area contributed by atoms with Gasteiger partial charge in [-0.2, -0.15) is 0 Å². The van der Waals surface area contributed by atoms with Crippen molar-refractivity contribution < 1.29 is 23.5 Å². The Balaban J connectivity index is 1.80. The molecule has 0 saturated carbocycles. The van der Waals surface area contributed by atoms with Crippen molar-refractivity contribution in [1.82, 2.24) is 4.57 Å². The van der Waals surface area contributed by atoms with E-state index in [4.69, 9.17) is 4.74 Å². The number of ketones is 1. The van der Waals surface area contributed by atoms with Crippen LogP contribution in [0.4, 0.5) is 10.1 Å². The number of Topliss-reactive ketones (excluding diaryl/α,β-unsaturated/α-hetero) is 1. The summed E-state index contributed by atoms with van der Waals surface area (Å²) in [5.41, 5.74) is 2.91. The Hall–Kier alpha value is -2.61. The number of amides is 1. The van der Waals surface area contributed by atoms with E-state index in [-0.39, 0.29) is 29.9 Å². The zero-order valence-corrected chi connectivity index (χ0v) is 18.5. The molecule has 0 saturated heterocycles. The van der Waals surface area contributed by atoms with Crippen LogP contribution in [-0.2, 0) is 20.9 Å². The lowest BCUT2D eigenvalue weighted by Crippen LogP contribution is -2.24. The lowest BCUT2D eigenvalue weighted by Gasteiger charge is -2.11. The minimum absolute atomic E-state index is 0.0275. The van der Waals surface area contributed by atoms with Gasteiger partial charge in [0.1, 0.15) is 11.1 Å². The van der Waals surface area contributed by atoms with Crippen molar-refractivity contribution in [2.75, 3.05) is 17.7 Å². The smallest absolute Gasteiger partial charge is 0.319 e. The second kappa shape index (κ2) is 11.0. The molecule has 1 N–H and O–H groups in total. The number of thioether (sulfide) groups is 1. The maximum Gasteiger partial charge on any atom is 0.319 e. The molecule has 2 rings (SSSR count). The van der Waals surface area contributed by atoms with Gasteiger partial charge in [0.05, 0.1) is 5.75 Å². The maximum atomic E-state index is 12.9. The van der Waals surface area contributed by atoms with Gasteiger partial charge in [-0.1, -0.05) is 6.92 Å². The largest absolute Gasteiger partial charge is 0.456 e. The van der Waals surface area contributed by atoms with Gasteiger partial charge in [-0.05, 0) is 57.5 Å². The van der Waals surface area contributed by atoms with Crippen molar-refractivity contribution in [1.29, 1.82) is 0 Å². The van der Waals surface area contributed by atoms with E-state index in [9.17, 15) is 18.8 Å². The summed E-state index contributed by atoms with van der Waals surface area (Å²) in [4.78, 5) is 36.6. The second-order valence-corrected chi connectivity index (χ2v) is 8.30. The quantitative estimate of drug-likeness (QED) is 0.449. The van der Waals surface area contributed by atoms with E-state index in [1.165, 1.54) is 24.3 Å². The summed E-state index contributed by atoms with van der Waals surface area (Å²) in [5.74, 6) is -1.47. The number of anilines is 1. The molecule has 0 aliphatic heterocycles. The molecule has 1 aromatic heterocycles. The fourth-order valence-electron chi connectivity index (χ4n) is 2.98. The van der Waals surface area contributed by atoms with Crippen molar-refractivity contribution in [2.45, 2.75) is 45.9 Å². The summed E-state index contributed by atoms with van der Waals surface area (Å²) in [6.45, 7) is 8.02. The van der Waals surface area contributed by atoms with Gasteiger partial charge in [0, 0.05) is 29.2 Å². The van der Waals surface area contributed by atoms with E-state index in [0.29, 0.717) is 11.3 Å². The van der Waals surface area contributed by atoms with Crippen LogP contribution >= 0.6 is 11.8 Å². The number of aryl methyl sites for hydroxylation is 1. The fraction of sp³-hybridized carbons (Fsp3) is 0.409. The molecule has 162 valence electrons. The average molecular weight is 435 g/mol. The zero-order valence-electron chi connectivity index (χ0n) is 17.7. The lowest BCUT2D eigenvalue weighted by atomic mass is 10.1. The Kier molecular flexibility index (Phi) is 8.65. The number of ether oxygens (including phenoxy) is 1. The maximum absolute atomic E-state index is 12.9. The predicted molar refractivity (Wildman–Crippen MR) is 116 cm³/mol. The molecule has 6 nitrogen and oxygen atoms in total. The molecule has 1 aromatic carbocycles. The van der Waals surface area contributed by atoms with E-state index < -0.39 is 11.2 Å². The molecule has 8 heteroatoms. The van der Waals surface area contributed by atoms with Crippen LogP contribution in [0, 0.1) is 19.7 Å². The number of carbonyl (C=O) groups excluding carboxylic acids is 3. The number of hydrogen-bond acceptors (Lipinski definition) is 5. The Morgan fingerprint density at radius 1 is 1.20 bits per heavy atom. The molecule has 0 unspecified atom stereocenters. The highest BCUT2D eigenvalue weighted by atomic mass is 32.2. The number of nitrogens with zero attached hydrogens (tertiary/aromatic N) is 1. The minimum atomic E-state index is -0.607. The summed E-state index contributed by atoms with van der Waals surface area (Å²) in [5, 5.41) is 2.02. The first-order valence-electron chi connectivity index (χ1n) is 9.76. The predicted octanol–water partition coefficient (Wildman–Crippen LogP) is 4.14. The standard InChI is InChI=1S/C22H27FN2O4S/c1-5-10-25-14(2)11-19(15(25)3)20(26)12-29-22(28)16(4)30-13-21(27)24-18-8-6-17(23)7-9-18/h6-9,11,16H,5,10,12-13H2,1-4H3,(H,24,27)/t16-/m1/s1. The summed E-state index contributed by atoms with van der Waals surface area (Å²) in [6.07, 6.45) is 0.961. The number of hydrogen-bond donors (Lipinski definition) is 1. The van der Waals surface area contributed by atoms with Gasteiger partial charge in [0.25, 0.3) is 0 Å². The summed E-state index contributed by atoms with van der Waals surface area (Å²) in [7, 11) is 0. The summed E-state index contributed by atoms with van der Waals surface area (Å²) in [6, 6.07) is 7.23. The number of esters is 1. The van der Waals surface area contributed by atoms with Gasteiger partial charge in [-0.15, -0.1) is 11.8 Å². The van der Waals surface area contributed by atoms with E-state index in [1.54, 1.807) is 6.92 Å². The number of carbonyl (C=O) groups is 3. The normalized spacial score (nSPS) is 11.8. The number of benzene rings is 1. The van der Waals surface area contributed by atoms with Crippen molar-refractivity contribution in [3.8, 4) is 0 Å². The molecule has 1 amide bonds. The molecule has 0 aliphatic rings. The van der Waals surface area contributed by atoms with Gasteiger partial charge < -0.3 is 14.6 Å². The number of rotatable bonds is 10. The van der Waals surface area contributed by atoms with Crippen molar-refractivity contribution in [2.24, 2.45) is 0 Å². The Bertz CT molecular complexity index is 909. The zero-order chi connectivity index (χ0) is 22.3. The van der Waals surface area contributed by atoms with Gasteiger partial charge >= 0.3 is 5.97 Å². The van der Waals surface area contributed by atoms with Gasteiger partial charge in [-0.25, -0.2) is 4.39 Å². The van der Waals surface area contributed by atoms with Crippen LogP contribution in [-0.4, -0.2) is 39.8 Å². The fourth-order valence-corrected chi connectivity index (χ4v) is 3.66. The van der Waals surface area contributed by atoms with Crippen molar-refractivity contribution >= 4 is 35.1 Å². The summed E-state index contributed by atoms with van der Waals surface area (Å²) < 4.78 is 20.1. The molecule has 0 radical (unpaired) electrons. The van der Waals surface area contributed by atoms with Crippen molar-refractivity contribution in [3.05, 3.63) is 53.1 Å². The first-order chi connectivity index (χ1) is 14.2. The van der Waals surface area contributed by atoms with Gasteiger partial charge in [0.15, 0.2) is 6.61 Å². The molecule has 0 bridgehead atoms. The van der Waals surface area contributed by atoms with Crippen LogP contribution in [0.2, 0.25) is 0 Å². The molecule has 1 atom stereocenters. The van der Waals surface area contributed by atoms with Crippen LogP contribution in [0.15, 0.2) is 30.3 Å². The molecule has 30 heavy (non-hydrogen) atoms. The molecule has 0 spiro atoms. The Morgan fingerprint density at radius 3 is 2.50 bits per heavy atom. The number of aromatic nitrogens is 1. The highest BCUT2D eigenvalue weighted by molar-refractivity contribution is 8.01. The van der Waals surface area contributed by atoms with Crippen molar-refractivity contribution in [3.63, 3.8) is 0 Å². The third kappa shape index (κ3) is 6.45. The van der Waals surface area contributed by atoms with Crippen LogP contribution in [0.3, 0.4) is 0 Å². The molecular formula is C22H27FN2O4S. The molecule has 0 fully saturated rings. The van der Waals surface area contributed by atoms with E-state index in [1.807, 2.05) is 19.9 Å². The van der Waals surface area contributed by atoms with Crippen LogP contribution < -0.4 is 5.32 Å². The van der Waals surface area contributed by atoms with E-state index >= 15 is 0 Å². The lowest BCUT2D eigenvalue weighted by molar-refractivity contribution is -0.141. The Labute approximate surface area is 180 Å². The minimum Gasteiger partial charge on any atom is -0.456 e. The number of nitrogens with one attached hydrogen (secondary N) is 1. The van der Waals surface area contributed by atoms with Crippen LogP contribution in [0.5, 0.6) is 0 Å². The molecule has 1 heterocycles. The van der Waals surface area contributed by atoms with Crippen LogP contribution in [0.1, 0.15) is 42.0 Å². The monoisotopic (exact) mass is 434 g/mol. The van der Waals surface area contributed by atoms with Gasteiger partial charge in [-0.3, -0.25) is 14.4 Å². The molecular weight excluding hydrogens is 407 g/mol. The Morgan fingerprint density at radius 2 is 1.87 bits per heavy atom. The number of halogens is 1. The van der Waals surface area contributed by atoms with Crippen LogP contribution in [0.25, 0.3) is 0 Å². The topological polar surface area (TPSA) is 77.4 Å². The second-order valence-electron chi connectivity index (χ2n) is 6.98. The first-order valence-corrected chi connectivity index (χ1v) is 10.8. The molecule has 2 aromatic rings.